The molecule has 0 spiro atoms. The summed E-state index contributed by atoms with van der Waals surface area (Å²) in [6, 6.07) is 9.24. The van der Waals surface area contributed by atoms with Gasteiger partial charge in [-0.3, -0.25) is 19.1 Å². The molecule has 1 fully saturated rings. The largest absolute Gasteiger partial charge is 0.320 e. The van der Waals surface area contributed by atoms with Crippen LogP contribution in [-0.2, 0) is 23.1 Å². The van der Waals surface area contributed by atoms with Gasteiger partial charge in [-0.1, -0.05) is 18.2 Å². The Hall–Kier alpha value is -3.20. The van der Waals surface area contributed by atoms with Gasteiger partial charge in [0.15, 0.2) is 5.13 Å². The van der Waals surface area contributed by atoms with Crippen molar-refractivity contribution in [2.24, 2.45) is 13.0 Å². The van der Waals surface area contributed by atoms with Crippen LogP contribution in [0.2, 0.25) is 0 Å². The van der Waals surface area contributed by atoms with Gasteiger partial charge in [0.05, 0.1) is 23.5 Å². The van der Waals surface area contributed by atoms with Crippen molar-refractivity contribution >= 4 is 34.0 Å². The lowest BCUT2D eigenvalue weighted by Gasteiger charge is -2.07. The zero-order valence-corrected chi connectivity index (χ0v) is 17.0. The van der Waals surface area contributed by atoms with Crippen molar-refractivity contribution in [2.75, 3.05) is 10.6 Å². The van der Waals surface area contributed by atoms with E-state index in [2.05, 4.69) is 15.6 Å². The second-order valence-corrected chi connectivity index (χ2v) is 7.93. The van der Waals surface area contributed by atoms with E-state index in [0.717, 1.165) is 18.5 Å². The molecule has 150 valence electrons. The lowest BCUT2D eigenvalue weighted by Crippen LogP contribution is -2.23. The fraction of sp³-hybridized carbons (Fsp3) is 0.300. The number of nitrogens with zero attached hydrogens (tertiary/aromatic N) is 3. The number of thiazole rings is 1. The first-order valence-corrected chi connectivity index (χ1v) is 10.2. The Morgan fingerprint density at radius 1 is 1.21 bits per heavy atom. The first kappa shape index (κ1) is 19.1. The third-order valence-electron chi connectivity index (χ3n) is 4.89. The minimum absolute atomic E-state index is 0.0169. The van der Waals surface area contributed by atoms with Crippen LogP contribution in [0.3, 0.4) is 0 Å². The zero-order valence-electron chi connectivity index (χ0n) is 16.1. The van der Waals surface area contributed by atoms with Crippen LogP contribution in [0, 0.1) is 12.8 Å². The number of amides is 2. The maximum Gasteiger partial charge on any atom is 0.295 e. The number of hydrogen-bond donors (Lipinski definition) is 2. The van der Waals surface area contributed by atoms with Crippen LogP contribution in [0.15, 0.2) is 40.5 Å². The molecule has 0 radical (unpaired) electrons. The molecule has 2 heterocycles. The molecule has 4 rings (SSSR count). The summed E-state index contributed by atoms with van der Waals surface area (Å²) in [7, 11) is 1.77. The van der Waals surface area contributed by atoms with Gasteiger partial charge in [0.1, 0.15) is 5.69 Å². The van der Waals surface area contributed by atoms with Gasteiger partial charge in [0.2, 0.25) is 11.8 Å². The van der Waals surface area contributed by atoms with Crippen molar-refractivity contribution in [3.05, 3.63) is 57.5 Å². The molecule has 0 saturated heterocycles. The molecule has 0 atom stereocenters. The number of carbonyl (C=O) groups excluding carboxylic acids is 2. The SMILES string of the molecule is Cc1c(NC(=O)Cc2csc(NC(=O)C3CC3)n2)c(=O)n(-c2ccccc2)n1C. The summed E-state index contributed by atoms with van der Waals surface area (Å²) in [5, 5.41) is 7.73. The van der Waals surface area contributed by atoms with Gasteiger partial charge in [-0.05, 0) is 31.9 Å². The molecule has 29 heavy (non-hydrogen) atoms. The maximum absolute atomic E-state index is 12.9. The third-order valence-corrected chi connectivity index (χ3v) is 5.70. The molecular weight excluding hydrogens is 390 g/mol. The van der Waals surface area contributed by atoms with Crippen molar-refractivity contribution in [3.8, 4) is 5.69 Å². The Kier molecular flexibility index (Phi) is 5.06. The number of hydrogen-bond acceptors (Lipinski definition) is 5. The maximum atomic E-state index is 12.9. The summed E-state index contributed by atoms with van der Waals surface area (Å²) < 4.78 is 3.22. The van der Waals surface area contributed by atoms with Gasteiger partial charge in [-0.25, -0.2) is 9.67 Å². The highest BCUT2D eigenvalue weighted by Crippen LogP contribution is 2.30. The van der Waals surface area contributed by atoms with E-state index in [9.17, 15) is 14.4 Å². The van der Waals surface area contributed by atoms with Gasteiger partial charge in [0, 0.05) is 18.3 Å². The quantitative estimate of drug-likeness (QED) is 0.651. The molecule has 2 N–H and O–H groups in total. The van der Waals surface area contributed by atoms with E-state index in [1.807, 2.05) is 30.3 Å². The summed E-state index contributed by atoms with van der Waals surface area (Å²) in [6.07, 6.45) is 1.86. The van der Waals surface area contributed by atoms with Gasteiger partial charge in [0.25, 0.3) is 5.56 Å². The van der Waals surface area contributed by atoms with Crippen molar-refractivity contribution in [2.45, 2.75) is 26.2 Å². The normalized spacial score (nSPS) is 13.3. The monoisotopic (exact) mass is 411 g/mol. The predicted molar refractivity (Wildman–Crippen MR) is 112 cm³/mol. The van der Waals surface area contributed by atoms with Gasteiger partial charge in [-0.15, -0.1) is 11.3 Å². The molecule has 2 amide bonds. The minimum Gasteiger partial charge on any atom is -0.320 e. The van der Waals surface area contributed by atoms with Crippen molar-refractivity contribution in [1.29, 1.82) is 0 Å². The number of nitrogens with one attached hydrogen (secondary N) is 2. The molecule has 8 nitrogen and oxygen atoms in total. The van der Waals surface area contributed by atoms with Crippen LogP contribution >= 0.6 is 11.3 Å². The zero-order chi connectivity index (χ0) is 20.5. The van der Waals surface area contributed by atoms with Gasteiger partial charge < -0.3 is 10.6 Å². The number of carbonyl (C=O) groups is 2. The highest BCUT2D eigenvalue weighted by Gasteiger charge is 2.30. The molecule has 1 aliphatic rings. The van der Waals surface area contributed by atoms with E-state index in [0.29, 0.717) is 16.5 Å². The molecule has 3 aromatic rings. The lowest BCUT2D eigenvalue weighted by atomic mass is 10.3. The van der Waals surface area contributed by atoms with Crippen LogP contribution in [0.25, 0.3) is 5.69 Å². The summed E-state index contributed by atoms with van der Waals surface area (Å²) in [4.78, 5) is 41.5. The van der Waals surface area contributed by atoms with Crippen LogP contribution in [0.4, 0.5) is 10.8 Å². The van der Waals surface area contributed by atoms with Crippen LogP contribution in [-0.4, -0.2) is 26.2 Å². The second-order valence-electron chi connectivity index (χ2n) is 7.07. The third kappa shape index (κ3) is 4.00. The number of anilines is 2. The minimum atomic E-state index is -0.332. The number of rotatable bonds is 6. The second kappa shape index (κ2) is 7.67. The summed E-state index contributed by atoms with van der Waals surface area (Å²) >= 11 is 1.29. The van der Waals surface area contributed by atoms with Crippen molar-refractivity contribution in [1.82, 2.24) is 14.3 Å². The molecular formula is C20H21N5O3S. The Labute approximate surface area is 171 Å². The number of para-hydroxylation sites is 1. The predicted octanol–water partition coefficient (Wildman–Crippen LogP) is 2.47. The smallest absolute Gasteiger partial charge is 0.295 e. The Balaban J connectivity index is 1.47. The van der Waals surface area contributed by atoms with Crippen LogP contribution in [0.5, 0.6) is 0 Å². The molecule has 1 saturated carbocycles. The number of aromatic nitrogens is 3. The van der Waals surface area contributed by atoms with E-state index in [-0.39, 0.29) is 35.4 Å². The lowest BCUT2D eigenvalue weighted by molar-refractivity contribution is -0.117. The molecule has 1 aliphatic carbocycles. The van der Waals surface area contributed by atoms with Crippen molar-refractivity contribution in [3.63, 3.8) is 0 Å². The average Bonchev–Trinajstić information content (AvgIpc) is 3.44. The van der Waals surface area contributed by atoms with Crippen molar-refractivity contribution < 1.29 is 9.59 Å². The van der Waals surface area contributed by atoms with E-state index in [4.69, 9.17) is 0 Å². The van der Waals surface area contributed by atoms with Crippen LogP contribution < -0.4 is 16.2 Å². The molecule has 0 aliphatic heterocycles. The number of benzene rings is 1. The Morgan fingerprint density at radius 2 is 1.93 bits per heavy atom. The highest BCUT2D eigenvalue weighted by molar-refractivity contribution is 7.13. The average molecular weight is 411 g/mol. The molecule has 0 unspecified atom stereocenters. The summed E-state index contributed by atoms with van der Waals surface area (Å²) in [6.45, 7) is 1.78. The van der Waals surface area contributed by atoms with Crippen LogP contribution in [0.1, 0.15) is 24.2 Å². The van der Waals surface area contributed by atoms with Gasteiger partial charge >= 0.3 is 0 Å². The fourth-order valence-electron chi connectivity index (χ4n) is 3.06. The Morgan fingerprint density at radius 3 is 2.62 bits per heavy atom. The Bertz CT molecular complexity index is 1120. The van der Waals surface area contributed by atoms with Gasteiger partial charge in [-0.2, -0.15) is 0 Å². The highest BCUT2D eigenvalue weighted by atomic mass is 32.1. The van der Waals surface area contributed by atoms with E-state index in [1.165, 1.54) is 16.0 Å². The topological polar surface area (TPSA) is 98.0 Å². The molecule has 9 heteroatoms. The molecule has 1 aromatic carbocycles. The van der Waals surface area contributed by atoms with E-state index >= 15 is 0 Å². The fourth-order valence-corrected chi connectivity index (χ4v) is 3.77. The first-order chi connectivity index (χ1) is 13.9. The summed E-state index contributed by atoms with van der Waals surface area (Å²) in [5.74, 6) is -0.253. The molecule has 2 aromatic heterocycles. The van der Waals surface area contributed by atoms with E-state index < -0.39 is 0 Å². The first-order valence-electron chi connectivity index (χ1n) is 9.33. The van der Waals surface area contributed by atoms with E-state index in [1.54, 1.807) is 24.0 Å². The summed E-state index contributed by atoms with van der Waals surface area (Å²) in [5.41, 5.74) is 1.89. The standard InChI is InChI=1S/C20H21N5O3S/c1-12-17(19(28)25(24(12)2)15-6-4-3-5-7-15)22-16(26)10-14-11-29-20(21-14)23-18(27)13-8-9-13/h3-7,11,13H,8-10H2,1-2H3,(H,22,26)(H,21,23,27). The molecule has 0 bridgehead atoms.